The highest BCUT2D eigenvalue weighted by atomic mass is 16.7. The van der Waals surface area contributed by atoms with E-state index in [2.05, 4.69) is 0 Å². The van der Waals surface area contributed by atoms with E-state index in [1.165, 1.54) is 14.2 Å². The van der Waals surface area contributed by atoms with Gasteiger partial charge < -0.3 is 58.5 Å². The van der Waals surface area contributed by atoms with Crippen molar-refractivity contribution >= 4 is 35.4 Å². The van der Waals surface area contributed by atoms with Crippen LogP contribution in [-0.4, -0.2) is 162 Å². The largest absolute Gasteiger partial charge is 0.508 e. The van der Waals surface area contributed by atoms with Crippen molar-refractivity contribution in [2.45, 2.75) is 186 Å². The first-order valence-electron chi connectivity index (χ1n) is 26.2. The first-order valence-corrected chi connectivity index (χ1v) is 26.2. The number of piperidine rings is 1. The molecule has 0 radical (unpaired) electrons. The van der Waals surface area contributed by atoms with Gasteiger partial charge in [0.25, 0.3) is 11.7 Å². The molecule has 1 saturated carbocycles. The number of rotatable bonds is 10. The van der Waals surface area contributed by atoms with E-state index in [4.69, 9.17) is 38.3 Å². The summed E-state index contributed by atoms with van der Waals surface area (Å²) in [7, 11) is 4.41. The average molecular weight is 1030 g/mol. The van der Waals surface area contributed by atoms with Crippen LogP contribution in [0.1, 0.15) is 126 Å². The summed E-state index contributed by atoms with van der Waals surface area (Å²) in [5.41, 5.74) is 1.21. The number of esters is 1. The molecule has 0 spiro atoms. The van der Waals surface area contributed by atoms with E-state index in [-0.39, 0.29) is 49.2 Å². The maximum Gasteiger partial charge on any atom is 0.508 e. The Morgan fingerprint density at radius 1 is 0.877 bits per heavy atom. The number of hydrogen-bond acceptors (Lipinski definition) is 17. The second-order valence-electron chi connectivity index (χ2n) is 21.1. The molecule has 3 aliphatic heterocycles. The van der Waals surface area contributed by atoms with E-state index >= 15 is 0 Å². The van der Waals surface area contributed by atoms with Gasteiger partial charge in [0.1, 0.15) is 49.0 Å². The highest BCUT2D eigenvalue weighted by molar-refractivity contribution is 6.39. The van der Waals surface area contributed by atoms with Crippen LogP contribution in [-0.2, 0) is 57.1 Å². The Morgan fingerprint density at radius 3 is 2.27 bits per heavy atom. The molecule has 0 aromatic carbocycles. The number of ketones is 3. The predicted octanol–water partition coefficient (Wildman–Crippen LogP) is 5.69. The van der Waals surface area contributed by atoms with Crippen molar-refractivity contribution < 1.29 is 82.4 Å². The quantitative estimate of drug-likeness (QED) is 0.116. The molecular weight excluding hydrogens is 947 g/mol. The molecule has 0 unspecified atom stereocenters. The maximum absolute atomic E-state index is 14.5. The minimum Gasteiger partial charge on any atom is -0.460 e. The number of Topliss-reactive ketones (excluding diaryl/α,β-unsaturated/α-hetero) is 3. The van der Waals surface area contributed by atoms with Gasteiger partial charge in [-0.1, -0.05) is 71.1 Å². The van der Waals surface area contributed by atoms with Crippen LogP contribution in [0.2, 0.25) is 0 Å². The number of carbonyl (C=O) groups is 6. The Kier molecular flexibility index (Phi) is 24.6. The third-order valence-corrected chi connectivity index (χ3v) is 15.3. The fourth-order valence-corrected chi connectivity index (χ4v) is 10.6. The Balaban J connectivity index is 1.67. The van der Waals surface area contributed by atoms with Crippen molar-refractivity contribution in [3.05, 3.63) is 47.6 Å². The fourth-order valence-electron chi connectivity index (χ4n) is 10.6. The van der Waals surface area contributed by atoms with Crippen LogP contribution < -0.4 is 0 Å². The van der Waals surface area contributed by atoms with Crippen molar-refractivity contribution in [1.82, 2.24) is 4.90 Å². The highest BCUT2D eigenvalue weighted by Gasteiger charge is 2.53. The number of ether oxygens (including phenoxy) is 7. The lowest BCUT2D eigenvalue weighted by Crippen LogP contribution is -2.61. The molecule has 2 bridgehead atoms. The van der Waals surface area contributed by atoms with E-state index in [9.17, 15) is 44.1 Å². The van der Waals surface area contributed by atoms with Crippen LogP contribution in [0.3, 0.4) is 0 Å². The van der Waals surface area contributed by atoms with Crippen LogP contribution in [0.15, 0.2) is 47.6 Å². The Bertz CT molecular complexity index is 1980. The van der Waals surface area contributed by atoms with Gasteiger partial charge in [-0.25, -0.2) is 9.59 Å². The van der Waals surface area contributed by atoms with Gasteiger partial charge in [-0.2, -0.15) is 0 Å². The van der Waals surface area contributed by atoms with Gasteiger partial charge in [0.15, 0.2) is 5.78 Å². The van der Waals surface area contributed by atoms with E-state index < -0.39 is 121 Å². The van der Waals surface area contributed by atoms with E-state index in [0.29, 0.717) is 63.4 Å². The Morgan fingerprint density at radius 2 is 1.60 bits per heavy atom. The van der Waals surface area contributed by atoms with Gasteiger partial charge in [-0.15, -0.1) is 0 Å². The van der Waals surface area contributed by atoms with Gasteiger partial charge in [-0.05, 0) is 107 Å². The first-order chi connectivity index (χ1) is 34.6. The number of amides is 1. The molecule has 18 heteroatoms. The maximum atomic E-state index is 14.5. The standard InChI is InChI=1S/C55H85NO17/c1-32-16-12-11-13-17-33(2)45(67-8)28-41-21-19-38(7)55(66,73-41)51(62)52(63)56-23-15-14-18-42(56)53(64)71-46(29-43(59)34(3)25-37(6)49(61)50(69-10)48(60)36(5)24-32)35(4)26-39-20-22-44(47(27-39)68-9)72-54(65)70-31-40(58)30-57/h11-13,16-17,25,32,34-36,38-42,44-47,49-50,57-58,61,66H,14-15,18-24,26-31H2,1-10H3/b13-11+,16-12+,33-17+,37-25+/t32-,34-,35-,36-,38-,39+,40-,41+,42+,44-,45+,46+,47-,49-,50+,55-/m1/s1. The van der Waals surface area contributed by atoms with Crippen LogP contribution in [0.5, 0.6) is 0 Å². The summed E-state index contributed by atoms with van der Waals surface area (Å²) in [6.45, 7) is 11.5. The summed E-state index contributed by atoms with van der Waals surface area (Å²) in [5.74, 6) is -8.66. The van der Waals surface area contributed by atoms with E-state index in [1.807, 2.05) is 51.2 Å². The molecule has 4 rings (SSSR count). The number of cyclic esters (lactones) is 1. The van der Waals surface area contributed by atoms with Gasteiger partial charge in [0, 0.05) is 58.5 Å². The molecule has 3 fully saturated rings. The number of carbonyl (C=O) groups excluding carboxylic acids is 6. The lowest BCUT2D eigenvalue weighted by Gasteiger charge is -2.42. The molecule has 0 aromatic heterocycles. The zero-order chi connectivity index (χ0) is 54.2. The summed E-state index contributed by atoms with van der Waals surface area (Å²) in [5, 5.41) is 42.2. The van der Waals surface area contributed by atoms with Crippen molar-refractivity contribution in [2.24, 2.45) is 35.5 Å². The van der Waals surface area contributed by atoms with Crippen molar-refractivity contribution in [1.29, 1.82) is 0 Å². The molecule has 73 heavy (non-hydrogen) atoms. The number of nitrogens with zero attached hydrogens (tertiary/aromatic N) is 1. The summed E-state index contributed by atoms with van der Waals surface area (Å²) >= 11 is 0. The van der Waals surface area contributed by atoms with Gasteiger partial charge in [0.2, 0.25) is 5.79 Å². The molecular formula is C55H85NO17. The van der Waals surface area contributed by atoms with Gasteiger partial charge >= 0.3 is 12.1 Å². The summed E-state index contributed by atoms with van der Waals surface area (Å²) < 4.78 is 40.0. The Labute approximate surface area is 431 Å². The molecule has 18 nitrogen and oxygen atoms in total. The molecule has 4 N–H and O–H groups in total. The van der Waals surface area contributed by atoms with Gasteiger partial charge in [0.05, 0.1) is 24.9 Å². The van der Waals surface area contributed by atoms with Crippen molar-refractivity contribution in [3.63, 3.8) is 0 Å². The van der Waals surface area contributed by atoms with Crippen molar-refractivity contribution in [3.8, 4) is 0 Å². The smallest absolute Gasteiger partial charge is 0.460 e. The number of methoxy groups -OCH3 is 3. The fraction of sp³-hybridized carbons (Fsp3) is 0.745. The minimum absolute atomic E-state index is 0.00856. The number of hydrogen-bond donors (Lipinski definition) is 4. The van der Waals surface area contributed by atoms with Crippen molar-refractivity contribution in [2.75, 3.05) is 41.1 Å². The van der Waals surface area contributed by atoms with Crippen LogP contribution in [0, 0.1) is 35.5 Å². The van der Waals surface area contributed by atoms with Crippen LogP contribution >= 0.6 is 0 Å². The summed E-state index contributed by atoms with van der Waals surface area (Å²) in [4.78, 5) is 84.8. The van der Waals surface area contributed by atoms with E-state index in [0.717, 1.165) is 10.5 Å². The minimum atomic E-state index is -2.47. The lowest BCUT2D eigenvalue weighted by atomic mass is 9.78. The monoisotopic (exact) mass is 1030 g/mol. The van der Waals surface area contributed by atoms with Gasteiger partial charge in [-0.3, -0.25) is 19.2 Å². The summed E-state index contributed by atoms with van der Waals surface area (Å²) in [6.07, 6.45) is 7.39. The van der Waals surface area contributed by atoms with Crippen LogP contribution in [0.25, 0.3) is 0 Å². The third kappa shape index (κ3) is 17.2. The predicted molar refractivity (Wildman–Crippen MR) is 268 cm³/mol. The van der Waals surface area contributed by atoms with Crippen LogP contribution in [0.4, 0.5) is 4.79 Å². The first kappa shape index (κ1) is 61.4. The Hall–Kier alpha value is -4.14. The highest BCUT2D eigenvalue weighted by Crippen LogP contribution is 2.38. The molecule has 0 aromatic rings. The zero-order valence-corrected chi connectivity index (χ0v) is 44.8. The number of fused-ring (bicyclic) bond motifs is 3. The lowest BCUT2D eigenvalue weighted by molar-refractivity contribution is -0.265. The second kappa shape index (κ2) is 29.2. The number of aliphatic hydroxyl groups excluding tert-OH is 3. The van der Waals surface area contributed by atoms with E-state index in [1.54, 1.807) is 40.9 Å². The second-order valence-corrected chi connectivity index (χ2v) is 21.1. The SMILES string of the molecule is CO[C@H]1C[C@@H]2CC[C@@H](C)[C@@](O)(O2)C(=O)C(=O)N2CCCC[C@H]2C(=O)O[C@H]([C@H](C)C[C@@H]2CC[C@@H](OC(=O)OC[C@H](O)CO)[C@H](OC)C2)CC(=O)[C@H](C)/C=C(\C)[C@@H](O)[C@@H](OC)C(=O)[C@H](C)C[C@H](C)/C=C/C=C/C=C/1C. The average Bonchev–Trinajstić information content (AvgIpc) is 3.37. The molecule has 16 atom stereocenters. The summed E-state index contributed by atoms with van der Waals surface area (Å²) in [6, 6.07) is -1.20. The normalized spacial score (nSPS) is 37.6. The molecule has 1 aliphatic carbocycles. The number of aliphatic hydroxyl groups is 4. The zero-order valence-electron chi connectivity index (χ0n) is 44.8. The molecule has 1 amide bonds. The molecule has 2 saturated heterocycles. The molecule has 412 valence electrons. The molecule has 3 heterocycles. The number of allylic oxidation sites excluding steroid dienone is 6. The topological polar surface area (TPSA) is 251 Å². The third-order valence-electron chi connectivity index (χ3n) is 15.3. The molecule has 4 aliphatic rings.